The molecule has 1 aromatic carbocycles. The van der Waals surface area contributed by atoms with Crippen LogP contribution < -0.4 is 14.8 Å². The molecule has 1 amide bonds. The molecule has 8 nitrogen and oxygen atoms in total. The molecule has 8 heteroatoms. The average Bonchev–Trinajstić information content (AvgIpc) is 2.50. The Labute approximate surface area is 133 Å². The van der Waals surface area contributed by atoms with E-state index in [0.717, 1.165) is 0 Å². The molecule has 1 rings (SSSR count). The maximum atomic E-state index is 11.6. The minimum Gasteiger partial charge on any atom is -0.493 e. The second kappa shape index (κ2) is 8.62. The van der Waals surface area contributed by atoms with Crippen molar-refractivity contribution >= 4 is 18.0 Å². The number of aliphatic carboxylic acids is 1. The standard InChI is InChI=1S/C15H19NO7/c1-4-11(14(18)19)16-15(20)22-8-10-5-6-12(23-9(2)17)13(7-10)21-3/h5-7,11H,4,8H2,1-3H3,(H,16,20)(H,18,19). The fraction of sp³-hybridized carbons (Fsp3) is 0.400. The summed E-state index contributed by atoms with van der Waals surface area (Å²) in [6, 6.07) is 3.68. The van der Waals surface area contributed by atoms with Crippen molar-refractivity contribution in [1.29, 1.82) is 0 Å². The summed E-state index contributed by atoms with van der Waals surface area (Å²) in [5.74, 6) is -1.04. The van der Waals surface area contributed by atoms with E-state index >= 15 is 0 Å². The zero-order valence-corrected chi connectivity index (χ0v) is 13.1. The number of rotatable bonds is 7. The number of nitrogens with one attached hydrogen (secondary N) is 1. The Balaban J connectivity index is 2.65. The zero-order chi connectivity index (χ0) is 17.4. The van der Waals surface area contributed by atoms with Crippen LogP contribution in [0.15, 0.2) is 18.2 Å². The van der Waals surface area contributed by atoms with Gasteiger partial charge in [0.1, 0.15) is 12.6 Å². The predicted octanol–water partition coefficient (Wildman–Crippen LogP) is 1.71. The van der Waals surface area contributed by atoms with Crippen LogP contribution in [0.5, 0.6) is 11.5 Å². The lowest BCUT2D eigenvalue weighted by Crippen LogP contribution is -2.40. The molecule has 0 aliphatic heterocycles. The van der Waals surface area contributed by atoms with Crippen LogP contribution >= 0.6 is 0 Å². The van der Waals surface area contributed by atoms with Crippen molar-refractivity contribution in [2.75, 3.05) is 7.11 Å². The smallest absolute Gasteiger partial charge is 0.408 e. The number of ether oxygens (including phenoxy) is 3. The highest BCUT2D eigenvalue weighted by Gasteiger charge is 2.18. The van der Waals surface area contributed by atoms with Gasteiger partial charge in [-0.05, 0) is 24.1 Å². The monoisotopic (exact) mass is 325 g/mol. The first-order valence-electron chi connectivity index (χ1n) is 6.88. The maximum Gasteiger partial charge on any atom is 0.408 e. The Hall–Kier alpha value is -2.77. The predicted molar refractivity (Wildman–Crippen MR) is 79.3 cm³/mol. The first-order chi connectivity index (χ1) is 10.9. The van der Waals surface area contributed by atoms with E-state index in [0.29, 0.717) is 11.3 Å². The Kier molecular flexibility index (Phi) is 6.85. The number of carboxylic acid groups (broad SMARTS) is 1. The molecular weight excluding hydrogens is 306 g/mol. The molecule has 0 saturated heterocycles. The fourth-order valence-electron chi connectivity index (χ4n) is 1.71. The number of carbonyl (C=O) groups excluding carboxylic acids is 2. The number of amides is 1. The van der Waals surface area contributed by atoms with Crippen LogP contribution in [0.4, 0.5) is 4.79 Å². The maximum absolute atomic E-state index is 11.6. The molecule has 23 heavy (non-hydrogen) atoms. The molecule has 0 radical (unpaired) electrons. The molecule has 0 saturated carbocycles. The molecule has 0 aliphatic rings. The van der Waals surface area contributed by atoms with Crippen molar-refractivity contribution < 1.29 is 33.7 Å². The van der Waals surface area contributed by atoms with Gasteiger partial charge in [0.2, 0.25) is 0 Å². The van der Waals surface area contributed by atoms with Crippen LogP contribution in [0.2, 0.25) is 0 Å². The van der Waals surface area contributed by atoms with Gasteiger partial charge in [-0.1, -0.05) is 13.0 Å². The van der Waals surface area contributed by atoms with Crippen LogP contribution in [-0.2, 0) is 20.9 Å². The van der Waals surface area contributed by atoms with Gasteiger partial charge in [-0.3, -0.25) is 4.79 Å². The number of benzene rings is 1. The third-order valence-electron chi connectivity index (χ3n) is 2.85. The van der Waals surface area contributed by atoms with E-state index in [1.54, 1.807) is 19.1 Å². The molecule has 0 spiro atoms. The van der Waals surface area contributed by atoms with Gasteiger partial charge in [0, 0.05) is 6.92 Å². The summed E-state index contributed by atoms with van der Waals surface area (Å²) in [4.78, 5) is 33.3. The summed E-state index contributed by atoms with van der Waals surface area (Å²) in [6.07, 6.45) is -0.586. The molecule has 0 heterocycles. The summed E-state index contributed by atoms with van der Waals surface area (Å²) >= 11 is 0. The van der Waals surface area contributed by atoms with Crippen molar-refractivity contribution in [3.63, 3.8) is 0 Å². The lowest BCUT2D eigenvalue weighted by molar-refractivity contribution is -0.139. The lowest BCUT2D eigenvalue weighted by Gasteiger charge is -2.13. The largest absolute Gasteiger partial charge is 0.493 e. The van der Waals surface area contributed by atoms with Gasteiger partial charge >= 0.3 is 18.0 Å². The normalized spacial score (nSPS) is 11.3. The molecule has 0 fully saturated rings. The van der Waals surface area contributed by atoms with E-state index in [2.05, 4.69) is 5.32 Å². The van der Waals surface area contributed by atoms with Gasteiger partial charge in [-0.15, -0.1) is 0 Å². The summed E-state index contributed by atoms with van der Waals surface area (Å²) in [5.41, 5.74) is 0.594. The van der Waals surface area contributed by atoms with Gasteiger partial charge in [-0.2, -0.15) is 0 Å². The zero-order valence-electron chi connectivity index (χ0n) is 13.1. The first kappa shape index (κ1) is 18.3. The number of alkyl carbamates (subject to hydrolysis) is 1. The molecule has 1 atom stereocenters. The molecule has 1 aromatic rings. The Morgan fingerprint density at radius 3 is 2.48 bits per heavy atom. The van der Waals surface area contributed by atoms with Gasteiger partial charge in [0.25, 0.3) is 0 Å². The second-order valence-corrected chi connectivity index (χ2v) is 4.60. The van der Waals surface area contributed by atoms with E-state index < -0.39 is 24.1 Å². The molecule has 0 aromatic heterocycles. The molecular formula is C15H19NO7. The molecule has 126 valence electrons. The van der Waals surface area contributed by atoms with E-state index in [9.17, 15) is 14.4 Å². The van der Waals surface area contributed by atoms with Crippen LogP contribution in [0, 0.1) is 0 Å². The van der Waals surface area contributed by atoms with Crippen LogP contribution in [0.1, 0.15) is 25.8 Å². The summed E-state index contributed by atoms with van der Waals surface area (Å²) in [7, 11) is 1.42. The first-order valence-corrected chi connectivity index (χ1v) is 6.88. The van der Waals surface area contributed by atoms with Crippen molar-refractivity contribution in [3.8, 4) is 11.5 Å². The van der Waals surface area contributed by atoms with Crippen molar-refractivity contribution in [1.82, 2.24) is 5.32 Å². The third-order valence-corrected chi connectivity index (χ3v) is 2.85. The van der Waals surface area contributed by atoms with Gasteiger partial charge in [-0.25, -0.2) is 9.59 Å². The molecule has 0 aliphatic carbocycles. The quantitative estimate of drug-likeness (QED) is 0.580. The number of methoxy groups -OCH3 is 1. The van der Waals surface area contributed by atoms with Crippen molar-refractivity contribution in [3.05, 3.63) is 23.8 Å². The second-order valence-electron chi connectivity index (χ2n) is 4.60. The van der Waals surface area contributed by atoms with E-state index in [1.807, 2.05) is 0 Å². The van der Waals surface area contributed by atoms with Gasteiger partial charge < -0.3 is 24.6 Å². The number of esters is 1. The Morgan fingerprint density at radius 1 is 1.26 bits per heavy atom. The number of carbonyl (C=O) groups is 3. The van der Waals surface area contributed by atoms with E-state index in [-0.39, 0.29) is 18.8 Å². The Morgan fingerprint density at radius 2 is 1.96 bits per heavy atom. The summed E-state index contributed by atoms with van der Waals surface area (Å²) in [5, 5.41) is 11.1. The number of hydrogen-bond donors (Lipinski definition) is 2. The van der Waals surface area contributed by atoms with Crippen LogP contribution in [0.25, 0.3) is 0 Å². The third kappa shape index (κ3) is 5.85. The molecule has 0 bridgehead atoms. The minimum atomic E-state index is -1.13. The van der Waals surface area contributed by atoms with E-state index in [1.165, 1.54) is 20.1 Å². The number of hydrogen-bond acceptors (Lipinski definition) is 6. The molecule has 2 N–H and O–H groups in total. The van der Waals surface area contributed by atoms with Crippen molar-refractivity contribution in [2.45, 2.75) is 32.9 Å². The summed E-state index contributed by atoms with van der Waals surface area (Å²) < 4.78 is 15.0. The SMILES string of the molecule is CCC(NC(=O)OCc1ccc(OC(C)=O)c(OC)c1)C(=O)O. The highest BCUT2D eigenvalue weighted by Crippen LogP contribution is 2.28. The van der Waals surface area contributed by atoms with Gasteiger partial charge in [0.05, 0.1) is 7.11 Å². The minimum absolute atomic E-state index is 0.0847. The van der Waals surface area contributed by atoms with Crippen molar-refractivity contribution in [2.24, 2.45) is 0 Å². The highest BCUT2D eigenvalue weighted by molar-refractivity contribution is 5.79. The fourth-order valence-corrected chi connectivity index (χ4v) is 1.71. The lowest BCUT2D eigenvalue weighted by atomic mass is 10.2. The topological polar surface area (TPSA) is 111 Å². The van der Waals surface area contributed by atoms with E-state index in [4.69, 9.17) is 19.3 Å². The highest BCUT2D eigenvalue weighted by atomic mass is 16.6. The number of carboxylic acids is 1. The van der Waals surface area contributed by atoms with Gasteiger partial charge in [0.15, 0.2) is 11.5 Å². The van der Waals surface area contributed by atoms with Crippen LogP contribution in [0.3, 0.4) is 0 Å². The molecule has 1 unspecified atom stereocenters. The average molecular weight is 325 g/mol. The summed E-state index contributed by atoms with van der Waals surface area (Å²) in [6.45, 7) is 2.82. The van der Waals surface area contributed by atoms with Crippen LogP contribution in [-0.4, -0.2) is 36.3 Å². The Bertz CT molecular complexity index is 585.